The number of benzene rings is 2. The van der Waals surface area contributed by atoms with E-state index < -0.39 is 0 Å². The second-order valence-electron chi connectivity index (χ2n) is 6.08. The van der Waals surface area contributed by atoms with Crippen LogP contribution in [0.1, 0.15) is 25.0 Å². The maximum Gasteiger partial charge on any atom is 0.206 e. The number of nitrogens with zero attached hydrogens (tertiary/aromatic N) is 3. The van der Waals surface area contributed by atoms with E-state index in [4.69, 9.17) is 10.1 Å². The van der Waals surface area contributed by atoms with Gasteiger partial charge in [-0.15, -0.1) is 11.3 Å². The molecule has 0 aliphatic carbocycles. The standard InChI is InChI=1S/C20H20BrN3S/c1-14(2)23-20-24(22-12-16-8-6-7-15(3)11-16)19(13-25-20)17-9-4-5-10-18(17)21/h4-14H,1-3H3. The van der Waals surface area contributed by atoms with E-state index in [1.807, 2.05) is 35.2 Å². The van der Waals surface area contributed by atoms with Gasteiger partial charge in [0.15, 0.2) is 0 Å². The molecule has 1 aromatic heterocycles. The van der Waals surface area contributed by atoms with Crippen LogP contribution in [0.25, 0.3) is 11.3 Å². The van der Waals surface area contributed by atoms with Gasteiger partial charge >= 0.3 is 0 Å². The molecule has 3 rings (SSSR count). The molecule has 2 aromatic carbocycles. The predicted molar refractivity (Wildman–Crippen MR) is 110 cm³/mol. The van der Waals surface area contributed by atoms with Gasteiger partial charge in [-0.25, -0.2) is 4.68 Å². The summed E-state index contributed by atoms with van der Waals surface area (Å²) in [6.45, 7) is 6.24. The van der Waals surface area contributed by atoms with Crippen LogP contribution >= 0.6 is 27.3 Å². The third-order valence-electron chi connectivity index (χ3n) is 3.57. The molecule has 0 radical (unpaired) electrons. The van der Waals surface area contributed by atoms with Gasteiger partial charge in [-0.3, -0.25) is 4.99 Å². The molecule has 0 bridgehead atoms. The first-order chi connectivity index (χ1) is 12.0. The number of aryl methyl sites for hydroxylation is 1. The molecule has 0 amide bonds. The molecule has 0 saturated heterocycles. The van der Waals surface area contributed by atoms with Crippen molar-refractivity contribution >= 4 is 33.5 Å². The minimum atomic E-state index is 0.214. The Morgan fingerprint density at radius 1 is 1.12 bits per heavy atom. The molecule has 0 aliphatic heterocycles. The number of aromatic nitrogens is 1. The fourth-order valence-electron chi connectivity index (χ4n) is 2.45. The quantitative estimate of drug-likeness (QED) is 0.506. The Balaban J connectivity index is 2.13. The molecule has 0 atom stereocenters. The van der Waals surface area contributed by atoms with E-state index in [0.29, 0.717) is 0 Å². The molecular weight excluding hydrogens is 394 g/mol. The largest absolute Gasteiger partial charge is 0.255 e. The topological polar surface area (TPSA) is 29.6 Å². The molecule has 0 saturated carbocycles. The van der Waals surface area contributed by atoms with Crippen LogP contribution in [0.15, 0.2) is 68.5 Å². The lowest BCUT2D eigenvalue weighted by Crippen LogP contribution is -2.14. The first kappa shape index (κ1) is 17.8. The second kappa shape index (κ2) is 7.93. The molecule has 0 unspecified atom stereocenters. The third-order valence-corrected chi connectivity index (χ3v) is 5.09. The predicted octanol–water partition coefficient (Wildman–Crippen LogP) is 5.48. The van der Waals surface area contributed by atoms with Gasteiger partial charge in [0, 0.05) is 21.5 Å². The highest BCUT2D eigenvalue weighted by atomic mass is 79.9. The summed E-state index contributed by atoms with van der Waals surface area (Å²) in [5.74, 6) is 0. The normalized spacial score (nSPS) is 12.4. The van der Waals surface area contributed by atoms with E-state index in [1.54, 1.807) is 11.3 Å². The van der Waals surface area contributed by atoms with Crippen molar-refractivity contribution < 1.29 is 0 Å². The minimum absolute atomic E-state index is 0.214. The summed E-state index contributed by atoms with van der Waals surface area (Å²) in [6.07, 6.45) is 1.89. The summed E-state index contributed by atoms with van der Waals surface area (Å²) in [6, 6.07) is 16.7. The van der Waals surface area contributed by atoms with Crippen LogP contribution in [-0.4, -0.2) is 16.9 Å². The first-order valence-corrected chi connectivity index (χ1v) is 9.82. The highest BCUT2D eigenvalue weighted by Crippen LogP contribution is 2.28. The Kier molecular flexibility index (Phi) is 5.66. The molecular formula is C20H20BrN3S. The van der Waals surface area contributed by atoms with Crippen molar-refractivity contribution in [3.63, 3.8) is 0 Å². The number of halogens is 1. The SMILES string of the molecule is Cc1cccc(C=Nn2c(-c3ccccc3Br)csc2=NC(C)C)c1. The Morgan fingerprint density at radius 3 is 2.64 bits per heavy atom. The van der Waals surface area contributed by atoms with Crippen LogP contribution in [0.5, 0.6) is 0 Å². The van der Waals surface area contributed by atoms with Gasteiger partial charge in [-0.05, 0) is 32.4 Å². The van der Waals surface area contributed by atoms with Gasteiger partial charge in [-0.2, -0.15) is 5.10 Å². The maximum atomic E-state index is 4.74. The minimum Gasteiger partial charge on any atom is -0.255 e. The molecule has 5 heteroatoms. The summed E-state index contributed by atoms with van der Waals surface area (Å²) in [4.78, 5) is 5.61. The number of thiazole rings is 1. The van der Waals surface area contributed by atoms with E-state index >= 15 is 0 Å². The fourth-order valence-corrected chi connectivity index (χ4v) is 3.90. The zero-order chi connectivity index (χ0) is 17.8. The summed E-state index contributed by atoms with van der Waals surface area (Å²) >= 11 is 5.25. The van der Waals surface area contributed by atoms with Crippen molar-refractivity contribution in [1.82, 2.24) is 4.68 Å². The van der Waals surface area contributed by atoms with Gasteiger partial charge in [0.1, 0.15) is 0 Å². The lowest BCUT2D eigenvalue weighted by Gasteiger charge is -2.06. The van der Waals surface area contributed by atoms with Crippen molar-refractivity contribution in [2.24, 2.45) is 10.1 Å². The Morgan fingerprint density at radius 2 is 1.92 bits per heavy atom. The monoisotopic (exact) mass is 413 g/mol. The van der Waals surface area contributed by atoms with Gasteiger partial charge in [0.25, 0.3) is 0 Å². The first-order valence-electron chi connectivity index (χ1n) is 8.15. The molecule has 25 heavy (non-hydrogen) atoms. The van der Waals surface area contributed by atoms with E-state index in [2.05, 4.69) is 66.3 Å². The zero-order valence-electron chi connectivity index (χ0n) is 14.5. The zero-order valence-corrected chi connectivity index (χ0v) is 16.9. The fraction of sp³-hybridized carbons (Fsp3) is 0.200. The van der Waals surface area contributed by atoms with E-state index in [1.165, 1.54) is 5.56 Å². The lowest BCUT2D eigenvalue weighted by molar-refractivity contribution is 0.754. The second-order valence-corrected chi connectivity index (χ2v) is 7.77. The van der Waals surface area contributed by atoms with E-state index in [0.717, 1.165) is 26.1 Å². The summed E-state index contributed by atoms with van der Waals surface area (Å²) < 4.78 is 2.97. The molecule has 0 fully saturated rings. The van der Waals surface area contributed by atoms with Crippen molar-refractivity contribution in [2.45, 2.75) is 26.8 Å². The Hall–Kier alpha value is -1.98. The van der Waals surface area contributed by atoms with Crippen molar-refractivity contribution in [3.05, 3.63) is 74.3 Å². The van der Waals surface area contributed by atoms with Crippen molar-refractivity contribution in [2.75, 3.05) is 0 Å². The number of hydrogen-bond acceptors (Lipinski definition) is 3. The van der Waals surface area contributed by atoms with Crippen LogP contribution in [0, 0.1) is 6.92 Å². The highest BCUT2D eigenvalue weighted by molar-refractivity contribution is 9.10. The number of rotatable bonds is 4. The Bertz CT molecular complexity index is 967. The van der Waals surface area contributed by atoms with Gasteiger partial charge in [0.05, 0.1) is 11.9 Å². The summed E-state index contributed by atoms with van der Waals surface area (Å²) in [5, 5.41) is 6.84. The molecule has 1 heterocycles. The third kappa shape index (κ3) is 4.35. The molecule has 3 aromatic rings. The lowest BCUT2D eigenvalue weighted by atomic mass is 10.1. The summed E-state index contributed by atoms with van der Waals surface area (Å²) in [5.41, 5.74) is 4.43. The molecule has 3 nitrogen and oxygen atoms in total. The van der Waals surface area contributed by atoms with Crippen molar-refractivity contribution in [3.8, 4) is 11.3 Å². The van der Waals surface area contributed by atoms with Crippen LogP contribution < -0.4 is 4.80 Å². The molecule has 128 valence electrons. The Labute approximate surface area is 160 Å². The molecule has 0 spiro atoms. The summed E-state index contributed by atoms with van der Waals surface area (Å²) in [7, 11) is 0. The maximum absolute atomic E-state index is 4.74. The van der Waals surface area contributed by atoms with Crippen LogP contribution in [-0.2, 0) is 0 Å². The van der Waals surface area contributed by atoms with E-state index in [-0.39, 0.29) is 6.04 Å². The van der Waals surface area contributed by atoms with Crippen LogP contribution in [0.3, 0.4) is 0 Å². The van der Waals surface area contributed by atoms with E-state index in [9.17, 15) is 0 Å². The molecule has 0 aliphatic rings. The average Bonchev–Trinajstić information content (AvgIpc) is 2.95. The van der Waals surface area contributed by atoms with Gasteiger partial charge in [0.2, 0.25) is 4.80 Å². The van der Waals surface area contributed by atoms with Gasteiger partial charge in [-0.1, -0.05) is 64.0 Å². The van der Waals surface area contributed by atoms with Gasteiger partial charge < -0.3 is 0 Å². The smallest absolute Gasteiger partial charge is 0.206 e. The average molecular weight is 414 g/mol. The highest BCUT2D eigenvalue weighted by Gasteiger charge is 2.10. The molecule has 0 N–H and O–H groups in total. The van der Waals surface area contributed by atoms with Crippen LogP contribution in [0.4, 0.5) is 0 Å². The van der Waals surface area contributed by atoms with Crippen LogP contribution in [0.2, 0.25) is 0 Å². The van der Waals surface area contributed by atoms with Crippen molar-refractivity contribution in [1.29, 1.82) is 0 Å². The number of hydrogen-bond donors (Lipinski definition) is 0.